The van der Waals surface area contributed by atoms with E-state index in [1.807, 2.05) is 0 Å². The lowest BCUT2D eigenvalue weighted by molar-refractivity contribution is 1.29. The van der Waals surface area contributed by atoms with Crippen molar-refractivity contribution in [3.63, 3.8) is 0 Å². The lowest BCUT2D eigenvalue weighted by atomic mass is 9.99. The Kier molecular flexibility index (Phi) is 8.59. The normalized spacial score (nSPS) is 12.4. The van der Waals surface area contributed by atoms with Crippen LogP contribution in [0.1, 0.15) is 0 Å². The van der Waals surface area contributed by atoms with Crippen molar-refractivity contribution in [3.05, 3.63) is 237 Å². The number of anilines is 3. The van der Waals surface area contributed by atoms with Crippen LogP contribution in [0.3, 0.4) is 0 Å². The third kappa shape index (κ3) is 5.71. The number of hydrogen-bond acceptors (Lipinski definition) is 1. The van der Waals surface area contributed by atoms with Crippen LogP contribution < -0.4 is 25.6 Å². The first-order chi connectivity index (χ1) is 27.8. The molecule has 0 unspecified atom stereocenters. The van der Waals surface area contributed by atoms with Gasteiger partial charge >= 0.3 is 0 Å². The Hall–Kier alpha value is -7.00. The molecule has 2 heteroatoms. The molecule has 0 amide bonds. The molecule has 0 aliphatic carbocycles. The summed E-state index contributed by atoms with van der Waals surface area (Å²) in [7, 11) is -2.68. The van der Waals surface area contributed by atoms with Crippen molar-refractivity contribution in [2.75, 3.05) is 4.90 Å². The van der Waals surface area contributed by atoms with Crippen molar-refractivity contribution in [2.24, 2.45) is 0 Å². The lowest BCUT2D eigenvalue weighted by Crippen LogP contribution is -2.72. The Bertz CT molecular complexity index is 2720. The number of benzene rings is 9. The van der Waals surface area contributed by atoms with E-state index < -0.39 is 8.07 Å². The number of fused-ring (bicyclic) bond motifs is 3. The second-order valence-electron chi connectivity index (χ2n) is 14.5. The average Bonchev–Trinajstić information content (AvgIpc) is 3.60. The van der Waals surface area contributed by atoms with Gasteiger partial charge in [-0.15, -0.1) is 0 Å². The highest BCUT2D eigenvalue weighted by Crippen LogP contribution is 2.44. The zero-order valence-corrected chi connectivity index (χ0v) is 32.0. The monoisotopic (exact) mass is 729 g/mol. The second kappa shape index (κ2) is 14.3. The molecule has 0 bridgehead atoms. The molecule has 0 aromatic heterocycles. The molecular weight excluding hydrogens is 691 g/mol. The summed E-state index contributed by atoms with van der Waals surface area (Å²) in [6.07, 6.45) is 0. The molecule has 264 valence electrons. The molecule has 0 atom stereocenters. The molecule has 0 radical (unpaired) electrons. The van der Waals surface area contributed by atoms with Crippen LogP contribution in [0.25, 0.3) is 44.5 Å². The number of nitrogens with zero attached hydrogens (tertiary/aromatic N) is 1. The van der Waals surface area contributed by atoms with E-state index in [9.17, 15) is 0 Å². The molecule has 0 saturated carbocycles. The second-order valence-corrected chi connectivity index (χ2v) is 18.2. The van der Waals surface area contributed by atoms with E-state index in [1.54, 1.807) is 0 Å². The maximum absolute atomic E-state index is 2.68. The Labute approximate surface area is 330 Å². The highest BCUT2D eigenvalue weighted by Gasteiger charge is 2.49. The summed E-state index contributed by atoms with van der Waals surface area (Å²) in [4.78, 5) is 2.48. The van der Waals surface area contributed by atoms with Crippen molar-refractivity contribution < 1.29 is 0 Å². The van der Waals surface area contributed by atoms with Crippen molar-refractivity contribution in [1.29, 1.82) is 0 Å². The fourth-order valence-corrected chi connectivity index (χ4v) is 14.0. The molecule has 10 rings (SSSR count). The van der Waals surface area contributed by atoms with Gasteiger partial charge in [-0.25, -0.2) is 0 Å². The fourth-order valence-electron chi connectivity index (χ4n) is 8.83. The molecule has 9 aromatic carbocycles. The predicted molar refractivity (Wildman–Crippen MR) is 240 cm³/mol. The minimum Gasteiger partial charge on any atom is -0.310 e. The van der Waals surface area contributed by atoms with Gasteiger partial charge in [-0.05, 0) is 90.0 Å². The molecule has 1 aliphatic heterocycles. The van der Waals surface area contributed by atoms with Gasteiger partial charge in [-0.3, -0.25) is 0 Å². The highest BCUT2D eigenvalue weighted by molar-refractivity contribution is 7.22. The Morgan fingerprint density at radius 1 is 0.286 bits per heavy atom. The van der Waals surface area contributed by atoms with E-state index in [2.05, 4.69) is 241 Å². The largest absolute Gasteiger partial charge is 0.310 e. The minimum absolute atomic E-state index is 1.12. The topological polar surface area (TPSA) is 3.24 Å². The van der Waals surface area contributed by atoms with Gasteiger partial charge in [0.05, 0.1) is 5.69 Å². The van der Waals surface area contributed by atoms with Crippen LogP contribution in [0, 0.1) is 0 Å². The van der Waals surface area contributed by atoms with E-state index in [0.29, 0.717) is 0 Å². The van der Waals surface area contributed by atoms with Crippen molar-refractivity contribution in [3.8, 4) is 44.5 Å². The van der Waals surface area contributed by atoms with Gasteiger partial charge in [-0.1, -0.05) is 206 Å². The molecule has 1 aliphatic rings. The summed E-state index contributed by atoms with van der Waals surface area (Å²) < 4.78 is 0. The van der Waals surface area contributed by atoms with Crippen LogP contribution >= 0.6 is 0 Å². The van der Waals surface area contributed by atoms with Crippen molar-refractivity contribution in [1.82, 2.24) is 0 Å². The third-order valence-electron chi connectivity index (χ3n) is 11.4. The maximum atomic E-state index is 2.48. The number of hydrogen-bond donors (Lipinski definition) is 0. The molecule has 0 fully saturated rings. The predicted octanol–water partition coefficient (Wildman–Crippen LogP) is 11.5. The van der Waals surface area contributed by atoms with Crippen LogP contribution in [0.2, 0.25) is 0 Å². The Morgan fingerprint density at radius 3 is 1.30 bits per heavy atom. The summed E-state index contributed by atoms with van der Waals surface area (Å²) in [6, 6.07) is 87.0. The first kappa shape index (κ1) is 33.6. The first-order valence-corrected chi connectivity index (χ1v) is 21.3. The molecule has 56 heavy (non-hydrogen) atoms. The van der Waals surface area contributed by atoms with Crippen LogP contribution in [0.15, 0.2) is 237 Å². The zero-order valence-electron chi connectivity index (χ0n) is 31.0. The maximum Gasteiger partial charge on any atom is 0.180 e. The summed E-state index contributed by atoms with van der Waals surface area (Å²) in [5.41, 5.74) is 13.3. The number of rotatable bonds is 8. The van der Waals surface area contributed by atoms with Crippen molar-refractivity contribution in [2.45, 2.75) is 0 Å². The molecule has 0 spiro atoms. The minimum atomic E-state index is -2.68. The van der Waals surface area contributed by atoms with Gasteiger partial charge in [0.1, 0.15) is 0 Å². The standard InChI is InChI=1S/C54H39NSi/c1-5-17-40(18-6-1)42-31-33-43(34-32-42)44-35-37-46(38-36-44)55(47-22-15-21-45(39-47)41-19-7-2-8-20-41)51-28-16-30-53-54(51)50-27-13-14-29-52(50)56(53,48-23-9-3-10-24-48)49-25-11-4-12-26-49/h1-39H. The van der Waals surface area contributed by atoms with Gasteiger partial charge in [0.2, 0.25) is 0 Å². The van der Waals surface area contributed by atoms with E-state index in [0.717, 1.165) is 11.4 Å². The van der Waals surface area contributed by atoms with Gasteiger partial charge in [0, 0.05) is 16.9 Å². The van der Waals surface area contributed by atoms with Crippen LogP contribution in [0.5, 0.6) is 0 Å². The molecule has 1 heterocycles. The summed E-state index contributed by atoms with van der Waals surface area (Å²) in [5.74, 6) is 0. The third-order valence-corrected chi connectivity index (χ3v) is 16.2. The molecule has 0 saturated heterocycles. The molecule has 1 nitrogen and oxygen atoms in total. The van der Waals surface area contributed by atoms with E-state index in [4.69, 9.17) is 0 Å². The smallest absolute Gasteiger partial charge is 0.180 e. The van der Waals surface area contributed by atoms with Gasteiger partial charge in [-0.2, -0.15) is 0 Å². The van der Waals surface area contributed by atoms with Crippen molar-refractivity contribution >= 4 is 45.9 Å². The summed E-state index contributed by atoms with van der Waals surface area (Å²) in [6.45, 7) is 0. The SMILES string of the molecule is c1ccc(-c2ccc(-c3ccc(N(c4cccc(-c5ccccc5)c4)c4cccc5c4-c4ccccc4[Si]5(c4ccccc4)c4ccccc4)cc3)cc2)cc1. The van der Waals surface area contributed by atoms with Crippen LogP contribution in [0.4, 0.5) is 17.1 Å². The Balaban J connectivity index is 1.17. The zero-order chi connectivity index (χ0) is 37.3. The van der Waals surface area contributed by atoms with Crippen LogP contribution in [-0.4, -0.2) is 8.07 Å². The Morgan fingerprint density at radius 2 is 0.714 bits per heavy atom. The van der Waals surface area contributed by atoms with Gasteiger partial charge < -0.3 is 4.90 Å². The highest BCUT2D eigenvalue weighted by atomic mass is 28.3. The average molecular weight is 730 g/mol. The molecule has 9 aromatic rings. The van der Waals surface area contributed by atoms with Gasteiger partial charge in [0.15, 0.2) is 8.07 Å². The first-order valence-electron chi connectivity index (χ1n) is 19.3. The molecular formula is C54H39NSi. The molecule has 0 N–H and O–H groups in total. The van der Waals surface area contributed by atoms with Crippen LogP contribution in [-0.2, 0) is 0 Å². The fraction of sp³-hybridized carbons (Fsp3) is 0. The lowest BCUT2D eigenvalue weighted by Gasteiger charge is -2.32. The summed E-state index contributed by atoms with van der Waals surface area (Å²) >= 11 is 0. The summed E-state index contributed by atoms with van der Waals surface area (Å²) in [5, 5.41) is 5.66. The quantitative estimate of drug-likeness (QED) is 0.141. The van der Waals surface area contributed by atoms with E-state index in [1.165, 1.54) is 70.9 Å². The van der Waals surface area contributed by atoms with E-state index >= 15 is 0 Å². The van der Waals surface area contributed by atoms with E-state index in [-0.39, 0.29) is 0 Å². The van der Waals surface area contributed by atoms with Gasteiger partial charge in [0.25, 0.3) is 0 Å².